The Morgan fingerprint density at radius 2 is 1.94 bits per heavy atom. The number of hydrogen-bond donors (Lipinski definition) is 2. The molecule has 8 heteroatoms. The van der Waals surface area contributed by atoms with E-state index in [-0.39, 0.29) is 30.3 Å². The molecule has 0 unspecified atom stereocenters. The molecular formula is C26H37NO6S. The third kappa shape index (κ3) is 5.61. The number of ether oxygens (including phenoxy) is 2. The summed E-state index contributed by atoms with van der Waals surface area (Å²) >= 11 is 1.57. The number of aromatic nitrogens is 1. The van der Waals surface area contributed by atoms with Gasteiger partial charge >= 0.3 is 5.97 Å². The summed E-state index contributed by atoms with van der Waals surface area (Å²) in [7, 11) is 0. The Morgan fingerprint density at radius 3 is 2.59 bits per heavy atom. The highest BCUT2D eigenvalue weighted by atomic mass is 32.1. The van der Waals surface area contributed by atoms with Crippen LogP contribution >= 0.6 is 11.3 Å². The molecular weight excluding hydrogens is 454 g/mol. The van der Waals surface area contributed by atoms with E-state index >= 15 is 0 Å². The molecule has 34 heavy (non-hydrogen) atoms. The molecule has 1 saturated carbocycles. The number of hydrogen-bond acceptors (Lipinski definition) is 8. The lowest BCUT2D eigenvalue weighted by Gasteiger charge is -2.29. The van der Waals surface area contributed by atoms with Gasteiger partial charge in [-0.2, -0.15) is 0 Å². The average Bonchev–Trinajstić information content (AvgIpc) is 3.70. The molecule has 1 aliphatic carbocycles. The maximum Gasteiger partial charge on any atom is 0.309 e. The summed E-state index contributed by atoms with van der Waals surface area (Å²) < 4.78 is 11.7. The predicted octanol–water partition coefficient (Wildman–Crippen LogP) is 3.84. The molecule has 3 fully saturated rings. The standard InChI is InChI=1S/C26H37NO6S/c1-14-6-5-7-19-21(32-19)11-20(15(2)10-18-13-34-17(4)27-18)33-23(29)12-22(28)26(8-9-26)25(31)16(3)24(14)30/h10,13-14,16,19-22,24,28,30H,5-9,11-12H2,1-4H3/b15-10+/t14-,16-,19+,20-,21-,22-,24+/m0/s1. The van der Waals surface area contributed by atoms with Gasteiger partial charge in [-0.1, -0.05) is 20.3 Å². The average molecular weight is 492 g/mol. The number of rotatable bonds is 2. The van der Waals surface area contributed by atoms with Crippen LogP contribution in [0.2, 0.25) is 0 Å². The highest BCUT2D eigenvalue weighted by Gasteiger charge is 2.57. The van der Waals surface area contributed by atoms with Gasteiger partial charge in [0, 0.05) is 17.7 Å². The number of cyclic esters (lactones) is 1. The fraction of sp³-hybridized carbons (Fsp3) is 0.731. The van der Waals surface area contributed by atoms with Gasteiger partial charge in [0.15, 0.2) is 0 Å². The van der Waals surface area contributed by atoms with Gasteiger partial charge in [-0.3, -0.25) is 9.59 Å². The molecule has 188 valence electrons. The molecule has 7 nitrogen and oxygen atoms in total. The van der Waals surface area contributed by atoms with Crippen LogP contribution in [0.15, 0.2) is 11.0 Å². The van der Waals surface area contributed by atoms with E-state index in [1.807, 2.05) is 32.2 Å². The number of carbonyl (C=O) groups is 2. The largest absolute Gasteiger partial charge is 0.458 e. The number of aryl methyl sites for hydroxylation is 1. The van der Waals surface area contributed by atoms with Crippen LogP contribution in [0.4, 0.5) is 0 Å². The van der Waals surface area contributed by atoms with E-state index in [9.17, 15) is 19.8 Å². The van der Waals surface area contributed by atoms with Crippen molar-refractivity contribution < 1.29 is 29.3 Å². The molecule has 1 aromatic rings. The third-order valence-corrected chi connectivity index (χ3v) is 8.65. The first-order valence-corrected chi connectivity index (χ1v) is 13.3. The Hall–Kier alpha value is -1.61. The summed E-state index contributed by atoms with van der Waals surface area (Å²) in [5, 5.41) is 24.6. The number of aliphatic hydroxyl groups excluding tert-OH is 2. The Bertz CT molecular complexity index is 937. The Labute approximate surface area is 205 Å². The lowest BCUT2D eigenvalue weighted by molar-refractivity contribution is -0.152. The number of nitrogens with zero attached hydrogens (tertiary/aromatic N) is 1. The smallest absolute Gasteiger partial charge is 0.309 e. The van der Waals surface area contributed by atoms with Crippen LogP contribution in [0.5, 0.6) is 0 Å². The number of esters is 1. The molecule has 0 amide bonds. The summed E-state index contributed by atoms with van der Waals surface area (Å²) in [5.41, 5.74) is 0.769. The highest BCUT2D eigenvalue weighted by Crippen LogP contribution is 2.52. The van der Waals surface area contributed by atoms with Crippen molar-refractivity contribution in [2.45, 2.75) is 103 Å². The number of epoxide rings is 1. The molecule has 2 aliphatic heterocycles. The fourth-order valence-electron chi connectivity index (χ4n) is 5.30. The number of carbonyl (C=O) groups excluding carboxylic acids is 2. The summed E-state index contributed by atoms with van der Waals surface area (Å²) in [4.78, 5) is 30.6. The van der Waals surface area contributed by atoms with Crippen molar-refractivity contribution in [2.75, 3.05) is 0 Å². The van der Waals surface area contributed by atoms with Gasteiger partial charge in [0.2, 0.25) is 0 Å². The first-order valence-electron chi connectivity index (χ1n) is 12.5. The molecule has 0 bridgehead atoms. The SMILES string of the molecule is C/C(=C\c1csc(C)n1)[C@@H]1C[C@@H]2O[C@@H]2CCC[C@H](C)[C@@H](O)[C@H](C)C(=O)C2(CC2)[C@@H](O)CC(=O)O1. The minimum atomic E-state index is -1.11. The molecule has 2 N–H and O–H groups in total. The molecule has 4 rings (SSSR count). The quantitative estimate of drug-likeness (QED) is 0.478. The molecule has 1 spiro atoms. The van der Waals surface area contributed by atoms with E-state index in [0.717, 1.165) is 35.5 Å². The summed E-state index contributed by atoms with van der Waals surface area (Å²) in [6.07, 6.45) is 3.69. The van der Waals surface area contributed by atoms with E-state index in [1.165, 1.54) is 0 Å². The van der Waals surface area contributed by atoms with Crippen LogP contribution < -0.4 is 0 Å². The summed E-state index contributed by atoms with van der Waals surface area (Å²) in [6.45, 7) is 7.58. The first kappa shape index (κ1) is 25.5. The second-order valence-electron chi connectivity index (χ2n) is 10.5. The maximum atomic E-state index is 13.2. The molecule has 2 saturated heterocycles. The van der Waals surface area contributed by atoms with Gasteiger partial charge in [0.25, 0.3) is 0 Å². The number of fused-ring (bicyclic) bond motifs is 1. The van der Waals surface area contributed by atoms with Crippen LogP contribution in [-0.4, -0.2) is 57.5 Å². The van der Waals surface area contributed by atoms with Crippen molar-refractivity contribution in [3.05, 3.63) is 21.7 Å². The maximum absolute atomic E-state index is 13.2. The molecule has 0 aromatic carbocycles. The molecule has 1 aromatic heterocycles. The van der Waals surface area contributed by atoms with E-state index < -0.39 is 35.6 Å². The lowest BCUT2D eigenvalue weighted by Crippen LogP contribution is -2.41. The van der Waals surface area contributed by atoms with Crippen molar-refractivity contribution in [1.29, 1.82) is 0 Å². The van der Waals surface area contributed by atoms with Crippen molar-refractivity contribution >= 4 is 29.2 Å². The lowest BCUT2D eigenvalue weighted by atomic mass is 9.79. The second-order valence-corrected chi connectivity index (χ2v) is 11.6. The summed E-state index contributed by atoms with van der Waals surface area (Å²) in [6, 6.07) is 0. The van der Waals surface area contributed by atoms with Crippen molar-refractivity contribution in [1.82, 2.24) is 4.98 Å². The van der Waals surface area contributed by atoms with Gasteiger partial charge in [-0.05, 0) is 57.1 Å². The van der Waals surface area contributed by atoms with Gasteiger partial charge in [-0.15, -0.1) is 11.3 Å². The number of aliphatic hydroxyl groups is 2. The second kappa shape index (κ2) is 10.2. The van der Waals surface area contributed by atoms with Crippen LogP contribution in [0.3, 0.4) is 0 Å². The zero-order chi connectivity index (χ0) is 24.6. The molecule has 7 atom stereocenters. The van der Waals surface area contributed by atoms with Crippen molar-refractivity contribution in [3.63, 3.8) is 0 Å². The normalized spacial score (nSPS) is 37.2. The molecule has 0 radical (unpaired) electrons. The van der Waals surface area contributed by atoms with E-state index in [2.05, 4.69) is 4.98 Å². The molecule has 3 heterocycles. The van der Waals surface area contributed by atoms with E-state index in [4.69, 9.17) is 9.47 Å². The highest BCUT2D eigenvalue weighted by molar-refractivity contribution is 7.09. The fourth-order valence-corrected chi connectivity index (χ4v) is 5.87. The molecule has 3 aliphatic rings. The van der Waals surface area contributed by atoms with E-state index in [0.29, 0.717) is 19.3 Å². The predicted molar refractivity (Wildman–Crippen MR) is 129 cm³/mol. The summed E-state index contributed by atoms with van der Waals surface area (Å²) in [5.74, 6) is -1.28. The van der Waals surface area contributed by atoms with Gasteiger partial charge in [-0.25, -0.2) is 4.98 Å². The number of thiazole rings is 1. The van der Waals surface area contributed by atoms with Gasteiger partial charge < -0.3 is 19.7 Å². The van der Waals surface area contributed by atoms with Crippen molar-refractivity contribution in [2.24, 2.45) is 17.3 Å². The Kier molecular flexibility index (Phi) is 7.62. The zero-order valence-corrected chi connectivity index (χ0v) is 21.3. The Balaban J connectivity index is 1.53. The van der Waals surface area contributed by atoms with Gasteiger partial charge in [0.1, 0.15) is 11.9 Å². The van der Waals surface area contributed by atoms with E-state index in [1.54, 1.807) is 18.3 Å². The monoisotopic (exact) mass is 491 g/mol. The number of Topliss-reactive ketones (excluding diaryl/α,β-unsaturated/α-hetero) is 1. The Morgan fingerprint density at radius 1 is 1.21 bits per heavy atom. The van der Waals surface area contributed by atoms with Crippen LogP contribution in [0, 0.1) is 24.2 Å². The van der Waals surface area contributed by atoms with Crippen LogP contribution in [0.25, 0.3) is 6.08 Å². The minimum Gasteiger partial charge on any atom is -0.458 e. The topological polar surface area (TPSA) is 109 Å². The minimum absolute atomic E-state index is 0.0201. The van der Waals surface area contributed by atoms with Gasteiger partial charge in [0.05, 0.1) is 47.0 Å². The zero-order valence-electron chi connectivity index (χ0n) is 20.5. The third-order valence-electron chi connectivity index (χ3n) is 7.86. The van der Waals surface area contributed by atoms with Crippen LogP contribution in [-0.2, 0) is 19.1 Å². The van der Waals surface area contributed by atoms with Crippen molar-refractivity contribution in [3.8, 4) is 0 Å². The first-order chi connectivity index (χ1) is 16.1. The number of ketones is 1. The van der Waals surface area contributed by atoms with Crippen LogP contribution in [0.1, 0.15) is 76.4 Å².